The minimum absolute atomic E-state index is 0.0669. The number of amides is 1. The van der Waals surface area contributed by atoms with Crippen LogP contribution in [0.3, 0.4) is 0 Å². The predicted molar refractivity (Wildman–Crippen MR) is 92.5 cm³/mol. The number of likely N-dealkylation sites (tertiary alicyclic amines) is 1. The van der Waals surface area contributed by atoms with Gasteiger partial charge in [0.05, 0.1) is 0 Å². The molecule has 0 spiro atoms. The molecule has 0 radical (unpaired) electrons. The zero-order chi connectivity index (χ0) is 17.0. The van der Waals surface area contributed by atoms with Gasteiger partial charge in [0.1, 0.15) is 17.3 Å². The van der Waals surface area contributed by atoms with Crippen LogP contribution in [-0.2, 0) is 12.8 Å². The Labute approximate surface area is 146 Å². The minimum atomic E-state index is 0.0669. The number of H-pyrrole nitrogens is 1. The second-order valence-electron chi connectivity index (χ2n) is 7.48. The molecule has 25 heavy (non-hydrogen) atoms. The molecule has 2 aliphatic heterocycles. The molecule has 5 rings (SSSR count). The molecule has 2 atom stereocenters. The van der Waals surface area contributed by atoms with Gasteiger partial charge < -0.3 is 9.80 Å². The van der Waals surface area contributed by atoms with Gasteiger partial charge >= 0.3 is 0 Å². The van der Waals surface area contributed by atoms with Gasteiger partial charge in [0.2, 0.25) is 0 Å². The molecule has 2 saturated heterocycles. The van der Waals surface area contributed by atoms with Gasteiger partial charge in [-0.15, -0.1) is 0 Å². The Morgan fingerprint density at radius 2 is 1.96 bits per heavy atom. The van der Waals surface area contributed by atoms with Crippen LogP contribution in [0.2, 0.25) is 0 Å². The zero-order valence-corrected chi connectivity index (χ0v) is 14.4. The number of anilines is 1. The van der Waals surface area contributed by atoms with Crippen molar-refractivity contribution >= 4 is 11.7 Å². The summed E-state index contributed by atoms with van der Waals surface area (Å²) in [5.41, 5.74) is 3.19. The Kier molecular flexibility index (Phi) is 3.29. The summed E-state index contributed by atoms with van der Waals surface area (Å²) < 4.78 is 0. The largest absolute Gasteiger partial charge is 0.356 e. The second-order valence-corrected chi connectivity index (χ2v) is 7.48. The van der Waals surface area contributed by atoms with Crippen molar-refractivity contribution in [3.05, 3.63) is 35.0 Å². The minimum Gasteiger partial charge on any atom is -0.356 e. The molecule has 7 heteroatoms. The molecule has 2 unspecified atom stereocenters. The summed E-state index contributed by atoms with van der Waals surface area (Å²) in [4.78, 5) is 26.3. The molecular weight excluding hydrogens is 316 g/mol. The highest BCUT2D eigenvalue weighted by molar-refractivity contribution is 5.92. The average molecular weight is 338 g/mol. The monoisotopic (exact) mass is 338 g/mol. The first-order valence-electron chi connectivity index (χ1n) is 9.09. The molecule has 2 fully saturated rings. The molecule has 1 N–H and O–H groups in total. The van der Waals surface area contributed by atoms with E-state index < -0.39 is 0 Å². The van der Waals surface area contributed by atoms with Crippen LogP contribution in [0.25, 0.3) is 0 Å². The fourth-order valence-corrected chi connectivity index (χ4v) is 4.67. The topological polar surface area (TPSA) is 78.0 Å². The van der Waals surface area contributed by atoms with Gasteiger partial charge in [0.15, 0.2) is 0 Å². The van der Waals surface area contributed by atoms with E-state index in [9.17, 15) is 4.79 Å². The number of hydrogen-bond donors (Lipinski definition) is 1. The molecule has 7 nitrogen and oxygen atoms in total. The quantitative estimate of drug-likeness (QED) is 0.890. The number of aryl methyl sites for hydroxylation is 2. The Balaban J connectivity index is 1.33. The van der Waals surface area contributed by atoms with E-state index in [1.165, 1.54) is 17.7 Å². The smallest absolute Gasteiger partial charge is 0.271 e. The fourth-order valence-electron chi connectivity index (χ4n) is 4.67. The van der Waals surface area contributed by atoms with Gasteiger partial charge in [-0.2, -0.15) is 5.10 Å². The maximum absolute atomic E-state index is 12.5. The van der Waals surface area contributed by atoms with Crippen molar-refractivity contribution in [2.24, 2.45) is 11.8 Å². The number of hydrogen-bond acceptors (Lipinski definition) is 5. The van der Waals surface area contributed by atoms with Gasteiger partial charge in [-0.25, -0.2) is 9.97 Å². The van der Waals surface area contributed by atoms with Crippen LogP contribution in [0.5, 0.6) is 0 Å². The maximum atomic E-state index is 12.5. The Bertz CT molecular complexity index is 803. The molecule has 1 amide bonds. The van der Waals surface area contributed by atoms with Crippen LogP contribution in [-0.4, -0.2) is 57.2 Å². The highest BCUT2D eigenvalue weighted by Gasteiger charge is 2.43. The van der Waals surface area contributed by atoms with Crippen molar-refractivity contribution < 1.29 is 4.79 Å². The second kappa shape index (κ2) is 5.54. The summed E-state index contributed by atoms with van der Waals surface area (Å²) in [6.07, 6.45) is 5.00. The number of carbonyl (C=O) groups is 1. The first kappa shape index (κ1) is 14.9. The molecule has 2 aromatic heterocycles. The lowest BCUT2D eigenvalue weighted by atomic mass is 10.0. The first-order valence-corrected chi connectivity index (χ1v) is 9.09. The van der Waals surface area contributed by atoms with E-state index in [4.69, 9.17) is 4.98 Å². The number of nitrogens with one attached hydrogen (secondary N) is 1. The SMILES string of the molecule is Cc1nc2c(c(N3CC4CN(C(=O)c5ccn[nH]5)CC4C3)n1)CCC2. The van der Waals surface area contributed by atoms with Crippen LogP contribution in [0, 0.1) is 18.8 Å². The summed E-state index contributed by atoms with van der Waals surface area (Å²) in [5.74, 6) is 3.15. The van der Waals surface area contributed by atoms with E-state index in [2.05, 4.69) is 20.1 Å². The molecule has 2 aromatic rings. The third-order valence-corrected chi connectivity index (χ3v) is 5.83. The number of carbonyl (C=O) groups excluding carboxylic acids is 1. The lowest BCUT2D eigenvalue weighted by Gasteiger charge is -2.24. The Hall–Kier alpha value is -2.44. The van der Waals surface area contributed by atoms with Gasteiger partial charge in [0.25, 0.3) is 5.91 Å². The highest BCUT2D eigenvalue weighted by Crippen LogP contribution is 2.37. The van der Waals surface area contributed by atoms with E-state index in [1.54, 1.807) is 12.3 Å². The summed E-state index contributed by atoms with van der Waals surface area (Å²) in [6.45, 7) is 5.61. The van der Waals surface area contributed by atoms with Crippen molar-refractivity contribution in [3.8, 4) is 0 Å². The normalized spacial score (nSPS) is 24.7. The fraction of sp³-hybridized carbons (Fsp3) is 0.556. The molecular formula is C18H22N6O. The number of aromatic nitrogens is 4. The summed E-state index contributed by atoms with van der Waals surface area (Å²) in [5, 5.41) is 6.67. The molecule has 1 aliphatic carbocycles. The van der Waals surface area contributed by atoms with Crippen molar-refractivity contribution in [1.29, 1.82) is 0 Å². The van der Waals surface area contributed by atoms with Gasteiger partial charge in [-0.1, -0.05) is 0 Å². The molecule has 130 valence electrons. The van der Waals surface area contributed by atoms with Gasteiger partial charge in [0, 0.05) is 55.5 Å². The number of aromatic amines is 1. The highest BCUT2D eigenvalue weighted by atomic mass is 16.2. The summed E-state index contributed by atoms with van der Waals surface area (Å²) >= 11 is 0. The molecule has 3 aliphatic rings. The van der Waals surface area contributed by atoms with E-state index in [-0.39, 0.29) is 5.91 Å². The Morgan fingerprint density at radius 1 is 1.16 bits per heavy atom. The lowest BCUT2D eigenvalue weighted by Crippen LogP contribution is -2.34. The van der Waals surface area contributed by atoms with Crippen molar-refractivity contribution in [2.45, 2.75) is 26.2 Å². The summed E-state index contributed by atoms with van der Waals surface area (Å²) in [7, 11) is 0. The van der Waals surface area contributed by atoms with E-state index in [1.807, 2.05) is 11.8 Å². The van der Waals surface area contributed by atoms with Gasteiger partial charge in [-0.3, -0.25) is 9.89 Å². The third-order valence-electron chi connectivity index (χ3n) is 5.83. The van der Waals surface area contributed by atoms with Crippen LogP contribution < -0.4 is 4.90 Å². The number of fused-ring (bicyclic) bond motifs is 2. The maximum Gasteiger partial charge on any atom is 0.271 e. The number of nitrogens with zero attached hydrogens (tertiary/aromatic N) is 5. The van der Waals surface area contributed by atoms with Crippen molar-refractivity contribution in [3.63, 3.8) is 0 Å². The molecule has 4 heterocycles. The third kappa shape index (κ3) is 2.41. The van der Waals surface area contributed by atoms with Gasteiger partial charge in [-0.05, 0) is 32.3 Å². The first-order chi connectivity index (χ1) is 12.2. The molecule has 0 saturated carbocycles. The van der Waals surface area contributed by atoms with Crippen molar-refractivity contribution in [2.75, 3.05) is 31.1 Å². The summed E-state index contributed by atoms with van der Waals surface area (Å²) in [6, 6.07) is 1.75. The average Bonchev–Trinajstić information content (AvgIpc) is 3.34. The van der Waals surface area contributed by atoms with Crippen LogP contribution in [0.15, 0.2) is 12.3 Å². The molecule has 0 bridgehead atoms. The standard InChI is InChI=1S/C18H22N6O/c1-11-20-15-4-2-3-14(15)17(21-11)23-7-12-9-24(10-13(12)8-23)18(25)16-5-6-19-22-16/h5-6,12-13H,2-4,7-10H2,1H3,(H,19,22). The van der Waals surface area contributed by atoms with Crippen LogP contribution >= 0.6 is 0 Å². The van der Waals surface area contributed by atoms with Crippen LogP contribution in [0.4, 0.5) is 5.82 Å². The lowest BCUT2D eigenvalue weighted by molar-refractivity contribution is 0.0776. The van der Waals surface area contributed by atoms with Crippen LogP contribution in [0.1, 0.15) is 34.0 Å². The zero-order valence-electron chi connectivity index (χ0n) is 14.4. The van der Waals surface area contributed by atoms with E-state index >= 15 is 0 Å². The Morgan fingerprint density at radius 3 is 2.68 bits per heavy atom. The molecule has 0 aromatic carbocycles. The number of rotatable bonds is 2. The van der Waals surface area contributed by atoms with E-state index in [0.29, 0.717) is 17.5 Å². The predicted octanol–water partition coefficient (Wildman–Crippen LogP) is 1.21. The van der Waals surface area contributed by atoms with Crippen molar-refractivity contribution in [1.82, 2.24) is 25.1 Å². The van der Waals surface area contributed by atoms with E-state index in [0.717, 1.165) is 50.7 Å².